The second-order valence-corrected chi connectivity index (χ2v) is 5.80. The molecule has 0 saturated carbocycles. The maximum Gasteiger partial charge on any atom is 0.196 e. The summed E-state index contributed by atoms with van der Waals surface area (Å²) in [6.45, 7) is 0. The number of ketones is 1. The van der Waals surface area contributed by atoms with E-state index in [0.29, 0.717) is 16.1 Å². The summed E-state index contributed by atoms with van der Waals surface area (Å²) in [5.41, 5.74) is 2.27. The number of aromatic nitrogens is 1. The van der Waals surface area contributed by atoms with Crippen LogP contribution in [0.15, 0.2) is 48.7 Å². The molecule has 0 aliphatic heterocycles. The minimum absolute atomic E-state index is 0.00986. The highest BCUT2D eigenvalue weighted by Gasteiger charge is 2.16. The Morgan fingerprint density at radius 2 is 1.89 bits per heavy atom. The van der Waals surface area contributed by atoms with Gasteiger partial charge in [0, 0.05) is 36.8 Å². The first-order chi connectivity index (χ1) is 9.16. The summed E-state index contributed by atoms with van der Waals surface area (Å²) in [7, 11) is 0. The summed E-state index contributed by atoms with van der Waals surface area (Å²) in [5, 5.41) is 1.51. The molecule has 0 bridgehead atoms. The molecule has 0 spiro atoms. The fraction of sp³-hybridized carbons (Fsp3) is 0. The Hall–Kier alpha value is -1.33. The van der Waals surface area contributed by atoms with Gasteiger partial charge < -0.3 is 4.98 Å². The molecule has 0 aliphatic carbocycles. The van der Waals surface area contributed by atoms with Gasteiger partial charge >= 0.3 is 0 Å². The normalized spacial score (nSPS) is 10.8. The number of carbonyl (C=O) groups excluding carboxylic acids is 1. The van der Waals surface area contributed by atoms with Crippen LogP contribution in [0.5, 0.6) is 0 Å². The van der Waals surface area contributed by atoms with E-state index in [1.54, 1.807) is 18.3 Å². The molecular weight excluding hydrogens is 373 g/mol. The van der Waals surface area contributed by atoms with Gasteiger partial charge in [0.05, 0.1) is 0 Å². The average molecular weight is 382 g/mol. The van der Waals surface area contributed by atoms with Crippen LogP contribution in [0.1, 0.15) is 15.9 Å². The number of benzene rings is 2. The SMILES string of the molecule is O=C(c1cc(Cl)ccc1I)c1c[nH]c2ccccc12. The molecule has 0 fully saturated rings. The minimum Gasteiger partial charge on any atom is -0.360 e. The molecule has 1 aromatic heterocycles. The van der Waals surface area contributed by atoms with Gasteiger partial charge in [0.25, 0.3) is 0 Å². The average Bonchev–Trinajstić information content (AvgIpc) is 2.84. The smallest absolute Gasteiger partial charge is 0.196 e. The van der Waals surface area contributed by atoms with Gasteiger partial charge in [-0.1, -0.05) is 29.8 Å². The molecule has 3 rings (SSSR count). The zero-order chi connectivity index (χ0) is 13.4. The molecule has 2 aromatic carbocycles. The molecule has 0 amide bonds. The van der Waals surface area contributed by atoms with Crippen LogP contribution in [0.4, 0.5) is 0 Å². The van der Waals surface area contributed by atoms with Crippen molar-refractivity contribution in [3.8, 4) is 0 Å². The lowest BCUT2D eigenvalue weighted by atomic mass is 10.0. The van der Waals surface area contributed by atoms with E-state index in [-0.39, 0.29) is 5.78 Å². The molecule has 1 N–H and O–H groups in total. The quantitative estimate of drug-likeness (QED) is 0.508. The van der Waals surface area contributed by atoms with Gasteiger partial charge in [-0.3, -0.25) is 4.79 Å². The first-order valence-corrected chi connectivity index (χ1v) is 7.18. The van der Waals surface area contributed by atoms with E-state index in [1.807, 2.05) is 30.3 Å². The lowest BCUT2D eigenvalue weighted by Crippen LogP contribution is -2.02. The molecule has 0 atom stereocenters. The van der Waals surface area contributed by atoms with Crippen LogP contribution in [-0.4, -0.2) is 10.8 Å². The maximum atomic E-state index is 12.6. The van der Waals surface area contributed by atoms with Crippen molar-refractivity contribution in [3.63, 3.8) is 0 Å². The zero-order valence-electron chi connectivity index (χ0n) is 9.78. The Bertz CT molecular complexity index is 779. The van der Waals surface area contributed by atoms with Crippen molar-refractivity contribution in [2.75, 3.05) is 0 Å². The molecule has 0 saturated heterocycles. The molecule has 1 heterocycles. The van der Waals surface area contributed by atoms with Gasteiger partial charge in [0.1, 0.15) is 0 Å². The first kappa shape index (κ1) is 12.7. The number of fused-ring (bicyclic) bond motifs is 1. The summed E-state index contributed by atoms with van der Waals surface area (Å²) >= 11 is 8.13. The highest BCUT2D eigenvalue weighted by atomic mass is 127. The number of H-pyrrole nitrogens is 1. The number of aromatic amines is 1. The highest BCUT2D eigenvalue weighted by Crippen LogP contribution is 2.25. The molecule has 2 nitrogen and oxygen atoms in total. The van der Waals surface area contributed by atoms with Crippen LogP contribution < -0.4 is 0 Å². The van der Waals surface area contributed by atoms with Crippen LogP contribution in [0.3, 0.4) is 0 Å². The van der Waals surface area contributed by atoms with Crippen molar-refractivity contribution in [2.45, 2.75) is 0 Å². The van der Waals surface area contributed by atoms with Crippen molar-refractivity contribution in [1.82, 2.24) is 4.98 Å². The second kappa shape index (κ2) is 4.98. The van der Waals surface area contributed by atoms with Crippen molar-refractivity contribution >= 4 is 50.9 Å². The predicted molar refractivity (Wildman–Crippen MR) is 85.9 cm³/mol. The van der Waals surface area contributed by atoms with Gasteiger partial charge in [-0.2, -0.15) is 0 Å². The molecule has 3 aromatic rings. The molecule has 4 heteroatoms. The second-order valence-electron chi connectivity index (χ2n) is 4.20. The van der Waals surface area contributed by atoms with E-state index in [4.69, 9.17) is 11.6 Å². The Morgan fingerprint density at radius 1 is 1.11 bits per heavy atom. The number of hydrogen-bond donors (Lipinski definition) is 1. The fourth-order valence-electron chi connectivity index (χ4n) is 2.08. The van der Waals surface area contributed by atoms with Gasteiger partial charge in [0.15, 0.2) is 5.78 Å². The molecule has 0 radical (unpaired) electrons. The lowest BCUT2D eigenvalue weighted by Gasteiger charge is -2.03. The third-order valence-corrected chi connectivity index (χ3v) is 4.18. The molecule has 94 valence electrons. The standard InChI is InChI=1S/C15H9ClINO/c16-9-5-6-13(17)11(7-9)15(19)12-8-18-14-4-2-1-3-10(12)14/h1-8,18H. The Kier molecular flexibility index (Phi) is 3.33. The number of nitrogens with one attached hydrogen (secondary N) is 1. The number of hydrogen-bond acceptors (Lipinski definition) is 1. The van der Waals surface area contributed by atoms with E-state index < -0.39 is 0 Å². The van der Waals surface area contributed by atoms with Gasteiger partial charge in [-0.05, 0) is 46.9 Å². The van der Waals surface area contributed by atoms with E-state index in [2.05, 4.69) is 27.6 Å². The molecule has 0 aliphatic rings. The molecular formula is C15H9ClINO. The maximum absolute atomic E-state index is 12.6. The van der Waals surface area contributed by atoms with Crippen LogP contribution in [0.2, 0.25) is 5.02 Å². The fourth-order valence-corrected chi connectivity index (χ4v) is 2.83. The number of carbonyl (C=O) groups is 1. The van der Waals surface area contributed by atoms with Gasteiger partial charge in [-0.25, -0.2) is 0 Å². The molecule has 0 unspecified atom stereocenters. The Balaban J connectivity index is 2.16. The van der Waals surface area contributed by atoms with Crippen LogP contribution in [-0.2, 0) is 0 Å². The topological polar surface area (TPSA) is 32.9 Å². The number of halogens is 2. The summed E-state index contributed by atoms with van der Waals surface area (Å²) < 4.78 is 0.900. The molecule has 19 heavy (non-hydrogen) atoms. The van der Waals surface area contributed by atoms with Crippen LogP contribution >= 0.6 is 34.2 Å². The van der Waals surface area contributed by atoms with E-state index in [1.165, 1.54) is 0 Å². The van der Waals surface area contributed by atoms with Crippen molar-refractivity contribution in [3.05, 3.63) is 68.4 Å². The van der Waals surface area contributed by atoms with Crippen molar-refractivity contribution in [2.24, 2.45) is 0 Å². The van der Waals surface area contributed by atoms with E-state index >= 15 is 0 Å². The van der Waals surface area contributed by atoms with Gasteiger partial charge in [-0.15, -0.1) is 0 Å². The Labute approximate surface area is 128 Å². The predicted octanol–water partition coefficient (Wildman–Crippen LogP) is 4.66. The van der Waals surface area contributed by atoms with Crippen LogP contribution in [0.25, 0.3) is 10.9 Å². The third kappa shape index (κ3) is 2.28. The first-order valence-electron chi connectivity index (χ1n) is 5.72. The minimum atomic E-state index is -0.00986. The highest BCUT2D eigenvalue weighted by molar-refractivity contribution is 14.1. The third-order valence-electron chi connectivity index (χ3n) is 3.01. The lowest BCUT2D eigenvalue weighted by molar-refractivity contribution is 0.103. The number of para-hydroxylation sites is 1. The zero-order valence-corrected chi connectivity index (χ0v) is 12.7. The largest absolute Gasteiger partial charge is 0.360 e. The van der Waals surface area contributed by atoms with Crippen molar-refractivity contribution < 1.29 is 4.79 Å². The summed E-state index contributed by atoms with van der Waals surface area (Å²) in [5.74, 6) is -0.00986. The summed E-state index contributed by atoms with van der Waals surface area (Å²) in [6.07, 6.45) is 1.75. The summed E-state index contributed by atoms with van der Waals surface area (Å²) in [6, 6.07) is 13.1. The Morgan fingerprint density at radius 3 is 2.74 bits per heavy atom. The summed E-state index contributed by atoms with van der Waals surface area (Å²) in [4.78, 5) is 15.7. The van der Waals surface area contributed by atoms with E-state index in [0.717, 1.165) is 14.5 Å². The van der Waals surface area contributed by atoms with Gasteiger partial charge in [0.2, 0.25) is 0 Å². The number of rotatable bonds is 2. The van der Waals surface area contributed by atoms with Crippen molar-refractivity contribution in [1.29, 1.82) is 0 Å². The monoisotopic (exact) mass is 381 g/mol. The van der Waals surface area contributed by atoms with Crippen LogP contribution in [0, 0.1) is 3.57 Å². The van der Waals surface area contributed by atoms with E-state index in [9.17, 15) is 4.79 Å².